The molecule has 0 fully saturated rings. The quantitative estimate of drug-likeness (QED) is 0.812. The molecule has 2 heterocycles. The van der Waals surface area contributed by atoms with Crippen molar-refractivity contribution in [2.75, 3.05) is 6.61 Å². The summed E-state index contributed by atoms with van der Waals surface area (Å²) in [6, 6.07) is 3.76. The molecule has 0 spiro atoms. The second kappa shape index (κ2) is 7.60. The number of carbonyl (C=O) groups excluding carboxylic acids is 1. The lowest BCUT2D eigenvalue weighted by Crippen LogP contribution is -2.21. The molecule has 2 rings (SSSR count). The summed E-state index contributed by atoms with van der Waals surface area (Å²) in [5.74, 6) is 5.77. The van der Waals surface area contributed by atoms with Gasteiger partial charge in [0.15, 0.2) is 0 Å². The van der Waals surface area contributed by atoms with E-state index in [1.807, 2.05) is 16.8 Å². The van der Waals surface area contributed by atoms with Gasteiger partial charge in [0.05, 0.1) is 22.5 Å². The van der Waals surface area contributed by atoms with E-state index in [0.29, 0.717) is 18.5 Å². The number of amides is 1. The molecular formula is C14H12BrNO2S2. The van der Waals surface area contributed by atoms with E-state index in [4.69, 9.17) is 5.11 Å². The van der Waals surface area contributed by atoms with Gasteiger partial charge in [0.25, 0.3) is 5.91 Å². The van der Waals surface area contributed by atoms with E-state index in [9.17, 15) is 4.79 Å². The van der Waals surface area contributed by atoms with Crippen LogP contribution in [0.4, 0.5) is 0 Å². The van der Waals surface area contributed by atoms with Crippen LogP contribution in [-0.4, -0.2) is 17.6 Å². The summed E-state index contributed by atoms with van der Waals surface area (Å²) in [5, 5.41) is 15.3. The van der Waals surface area contributed by atoms with Gasteiger partial charge in [-0.2, -0.15) is 0 Å². The first-order valence-corrected chi connectivity index (χ1v) is 8.43. The molecule has 0 saturated heterocycles. The van der Waals surface area contributed by atoms with Crippen LogP contribution < -0.4 is 5.32 Å². The summed E-state index contributed by atoms with van der Waals surface area (Å²) >= 11 is 6.39. The van der Waals surface area contributed by atoms with Crippen LogP contribution in [0.3, 0.4) is 0 Å². The van der Waals surface area contributed by atoms with Crippen LogP contribution >= 0.6 is 38.6 Å². The van der Waals surface area contributed by atoms with Gasteiger partial charge in [0.2, 0.25) is 0 Å². The maximum Gasteiger partial charge on any atom is 0.252 e. The van der Waals surface area contributed by atoms with E-state index >= 15 is 0 Å². The Balaban J connectivity index is 1.88. The third-order valence-corrected chi connectivity index (χ3v) is 4.82. The van der Waals surface area contributed by atoms with E-state index in [1.54, 1.807) is 17.4 Å². The third kappa shape index (κ3) is 4.46. The molecule has 0 unspecified atom stereocenters. The lowest BCUT2D eigenvalue weighted by atomic mass is 10.3. The first-order valence-electron chi connectivity index (χ1n) is 5.88. The van der Waals surface area contributed by atoms with Crippen molar-refractivity contribution in [3.63, 3.8) is 0 Å². The van der Waals surface area contributed by atoms with Gasteiger partial charge in [-0.05, 0) is 28.1 Å². The van der Waals surface area contributed by atoms with Gasteiger partial charge >= 0.3 is 0 Å². The van der Waals surface area contributed by atoms with E-state index in [-0.39, 0.29) is 12.5 Å². The van der Waals surface area contributed by atoms with E-state index in [2.05, 4.69) is 33.1 Å². The van der Waals surface area contributed by atoms with Gasteiger partial charge in [-0.15, -0.1) is 22.7 Å². The van der Waals surface area contributed by atoms with Crippen molar-refractivity contribution in [3.05, 3.63) is 42.7 Å². The van der Waals surface area contributed by atoms with Crippen LogP contribution in [0.1, 0.15) is 27.2 Å². The topological polar surface area (TPSA) is 49.3 Å². The lowest BCUT2D eigenvalue weighted by Gasteiger charge is -2.00. The fourth-order valence-electron chi connectivity index (χ4n) is 1.46. The van der Waals surface area contributed by atoms with Gasteiger partial charge < -0.3 is 10.4 Å². The number of carbonyl (C=O) groups is 1. The van der Waals surface area contributed by atoms with Crippen molar-refractivity contribution in [2.45, 2.75) is 13.0 Å². The maximum absolute atomic E-state index is 11.9. The van der Waals surface area contributed by atoms with Gasteiger partial charge in [0, 0.05) is 27.6 Å². The molecule has 6 heteroatoms. The monoisotopic (exact) mass is 369 g/mol. The maximum atomic E-state index is 11.9. The standard InChI is InChI=1S/C14H12BrNO2S2/c15-13-6-11(9-20-13)14(18)16-7-12-5-10(8-19-12)3-1-2-4-17/h5-6,8-9,17H,2,4,7H2,(H,16,18). The Morgan fingerprint density at radius 1 is 1.35 bits per heavy atom. The molecule has 0 aliphatic rings. The third-order valence-electron chi connectivity index (χ3n) is 2.38. The minimum absolute atomic E-state index is 0.0757. The van der Waals surface area contributed by atoms with Crippen molar-refractivity contribution >= 4 is 44.5 Å². The molecule has 2 aromatic heterocycles. The number of thiophene rings is 2. The zero-order valence-electron chi connectivity index (χ0n) is 10.5. The second-order valence-corrected chi connectivity index (χ2v) is 7.19. The first kappa shape index (κ1) is 15.3. The first-order chi connectivity index (χ1) is 9.69. The molecular weight excluding hydrogens is 358 g/mol. The highest BCUT2D eigenvalue weighted by molar-refractivity contribution is 9.11. The van der Waals surface area contributed by atoms with Crippen molar-refractivity contribution < 1.29 is 9.90 Å². The summed E-state index contributed by atoms with van der Waals surface area (Å²) in [7, 11) is 0. The lowest BCUT2D eigenvalue weighted by molar-refractivity contribution is 0.0951. The molecule has 0 aliphatic heterocycles. The van der Waals surface area contributed by atoms with Gasteiger partial charge in [-0.25, -0.2) is 0 Å². The number of aliphatic hydroxyl groups is 1. The predicted octanol–water partition coefficient (Wildman–Crippen LogP) is 3.24. The molecule has 0 atom stereocenters. The number of nitrogens with one attached hydrogen (secondary N) is 1. The van der Waals surface area contributed by atoms with E-state index in [0.717, 1.165) is 14.2 Å². The molecule has 3 nitrogen and oxygen atoms in total. The SMILES string of the molecule is O=C(NCc1cc(C#CCCO)cs1)c1csc(Br)c1. The van der Waals surface area contributed by atoms with Crippen LogP contribution in [0.15, 0.2) is 26.7 Å². The Morgan fingerprint density at radius 3 is 2.90 bits per heavy atom. The fraction of sp³-hybridized carbons (Fsp3) is 0.214. The number of hydrogen-bond acceptors (Lipinski definition) is 4. The van der Waals surface area contributed by atoms with Crippen molar-refractivity contribution in [1.82, 2.24) is 5.32 Å². The van der Waals surface area contributed by atoms with Gasteiger partial charge in [-0.1, -0.05) is 11.8 Å². The van der Waals surface area contributed by atoms with E-state index < -0.39 is 0 Å². The molecule has 104 valence electrons. The summed E-state index contributed by atoms with van der Waals surface area (Å²) in [5.41, 5.74) is 1.59. The van der Waals surface area contributed by atoms with Crippen molar-refractivity contribution in [3.8, 4) is 11.8 Å². The molecule has 0 bridgehead atoms. The zero-order chi connectivity index (χ0) is 14.4. The molecule has 1 amide bonds. The normalized spacial score (nSPS) is 9.90. The molecule has 0 aliphatic carbocycles. The minimum atomic E-state index is -0.0757. The summed E-state index contributed by atoms with van der Waals surface area (Å²) in [6.07, 6.45) is 0.481. The van der Waals surface area contributed by atoms with E-state index in [1.165, 1.54) is 11.3 Å². The Morgan fingerprint density at radius 2 is 2.20 bits per heavy atom. The number of rotatable bonds is 4. The van der Waals surface area contributed by atoms with Crippen LogP contribution in [0.25, 0.3) is 0 Å². The van der Waals surface area contributed by atoms with Crippen LogP contribution in [0, 0.1) is 11.8 Å². The Bertz CT molecular complexity index is 651. The highest BCUT2D eigenvalue weighted by atomic mass is 79.9. The minimum Gasteiger partial charge on any atom is -0.395 e. The fourth-order valence-corrected chi connectivity index (χ4v) is 3.35. The zero-order valence-corrected chi connectivity index (χ0v) is 13.7. The van der Waals surface area contributed by atoms with Gasteiger partial charge in [0.1, 0.15) is 0 Å². The molecule has 0 saturated carbocycles. The largest absolute Gasteiger partial charge is 0.395 e. The Labute approximate surface area is 133 Å². The smallest absolute Gasteiger partial charge is 0.252 e. The molecule has 2 aromatic rings. The van der Waals surface area contributed by atoms with Crippen LogP contribution in [0.5, 0.6) is 0 Å². The molecule has 0 aromatic carbocycles. The number of halogens is 1. The molecule has 2 N–H and O–H groups in total. The Hall–Kier alpha value is -1.13. The molecule has 0 radical (unpaired) electrons. The summed E-state index contributed by atoms with van der Waals surface area (Å²) in [4.78, 5) is 12.9. The predicted molar refractivity (Wildman–Crippen MR) is 86.1 cm³/mol. The van der Waals surface area contributed by atoms with Gasteiger partial charge in [-0.3, -0.25) is 4.79 Å². The average Bonchev–Trinajstić information content (AvgIpc) is 3.05. The van der Waals surface area contributed by atoms with Crippen molar-refractivity contribution in [1.29, 1.82) is 0 Å². The highest BCUT2D eigenvalue weighted by Gasteiger charge is 2.08. The number of hydrogen-bond donors (Lipinski definition) is 2. The van der Waals surface area contributed by atoms with Crippen LogP contribution in [0.2, 0.25) is 0 Å². The number of aliphatic hydroxyl groups excluding tert-OH is 1. The van der Waals surface area contributed by atoms with Crippen LogP contribution in [-0.2, 0) is 6.54 Å². The summed E-state index contributed by atoms with van der Waals surface area (Å²) < 4.78 is 0.945. The van der Waals surface area contributed by atoms with Crippen molar-refractivity contribution in [2.24, 2.45) is 0 Å². The highest BCUT2D eigenvalue weighted by Crippen LogP contribution is 2.20. The molecule has 20 heavy (non-hydrogen) atoms. The summed E-state index contributed by atoms with van der Waals surface area (Å²) in [6.45, 7) is 0.578. The second-order valence-electron chi connectivity index (χ2n) is 3.90. The average molecular weight is 370 g/mol. The Kier molecular flexibility index (Phi) is 5.80.